The summed E-state index contributed by atoms with van der Waals surface area (Å²) in [5, 5.41) is 1.10. The van der Waals surface area contributed by atoms with Crippen LogP contribution in [-0.2, 0) is 13.5 Å². The summed E-state index contributed by atoms with van der Waals surface area (Å²) < 4.78 is 14.9. The third kappa shape index (κ3) is 2.13. The predicted molar refractivity (Wildman–Crippen MR) is 62.9 cm³/mol. The third-order valence-corrected chi connectivity index (χ3v) is 2.45. The number of hydrogen-bond donors (Lipinski definition) is 1. The van der Waals surface area contributed by atoms with Crippen LogP contribution >= 0.6 is 12.4 Å². The normalized spacial score (nSPS) is 10.3. The van der Waals surface area contributed by atoms with Crippen LogP contribution in [0, 0.1) is 5.82 Å². The summed E-state index contributed by atoms with van der Waals surface area (Å²) in [5.74, 6) is -0.196. The minimum absolute atomic E-state index is 0. The lowest BCUT2D eigenvalue weighted by atomic mass is 10.1. The molecule has 2 rings (SSSR count). The molecule has 0 saturated heterocycles. The fraction of sp³-hybridized carbons (Fsp3) is 0.273. The zero-order valence-corrected chi connectivity index (χ0v) is 9.35. The summed E-state index contributed by atoms with van der Waals surface area (Å²) in [6.45, 7) is 0.622. The number of nitrogens with two attached hydrogens (primary N) is 1. The van der Waals surface area contributed by atoms with Crippen LogP contribution in [0.15, 0.2) is 24.4 Å². The maximum atomic E-state index is 13.0. The van der Waals surface area contributed by atoms with Gasteiger partial charge in [-0.15, -0.1) is 12.4 Å². The molecule has 1 aromatic carbocycles. The van der Waals surface area contributed by atoms with Crippen LogP contribution in [0.2, 0.25) is 0 Å². The van der Waals surface area contributed by atoms with Crippen LogP contribution in [0.1, 0.15) is 5.56 Å². The molecule has 0 amide bonds. The highest BCUT2D eigenvalue weighted by Gasteiger charge is 2.06. The number of halogens is 2. The van der Waals surface area contributed by atoms with Crippen molar-refractivity contribution in [3.05, 3.63) is 35.8 Å². The Labute approximate surface area is 94.3 Å². The van der Waals surface area contributed by atoms with Gasteiger partial charge in [0.2, 0.25) is 0 Å². The summed E-state index contributed by atoms with van der Waals surface area (Å²) in [7, 11) is 1.92. The van der Waals surface area contributed by atoms with Gasteiger partial charge in [0.1, 0.15) is 5.82 Å². The van der Waals surface area contributed by atoms with Gasteiger partial charge in [0.25, 0.3) is 0 Å². The van der Waals surface area contributed by atoms with Crippen molar-refractivity contribution >= 4 is 23.3 Å². The highest BCUT2D eigenvalue weighted by molar-refractivity contribution is 5.85. The number of hydrogen-bond acceptors (Lipinski definition) is 1. The molecular weight excluding hydrogens is 215 g/mol. The Morgan fingerprint density at radius 2 is 2.13 bits per heavy atom. The molecule has 2 aromatic rings. The van der Waals surface area contributed by atoms with Crippen molar-refractivity contribution in [1.82, 2.24) is 4.57 Å². The maximum absolute atomic E-state index is 13.0. The van der Waals surface area contributed by atoms with Gasteiger partial charge in [-0.25, -0.2) is 4.39 Å². The Morgan fingerprint density at radius 1 is 1.40 bits per heavy atom. The highest BCUT2D eigenvalue weighted by atomic mass is 35.5. The molecule has 0 unspecified atom stereocenters. The lowest BCUT2D eigenvalue weighted by Crippen LogP contribution is -2.01. The zero-order chi connectivity index (χ0) is 10.1. The van der Waals surface area contributed by atoms with E-state index in [4.69, 9.17) is 5.73 Å². The van der Waals surface area contributed by atoms with Crippen LogP contribution in [0.3, 0.4) is 0 Å². The van der Waals surface area contributed by atoms with Gasteiger partial charge >= 0.3 is 0 Å². The van der Waals surface area contributed by atoms with E-state index in [2.05, 4.69) is 0 Å². The number of nitrogens with zero attached hydrogens (tertiary/aromatic N) is 1. The van der Waals surface area contributed by atoms with Crippen LogP contribution in [0.4, 0.5) is 4.39 Å². The molecule has 1 heterocycles. The first-order chi connectivity index (χ1) is 6.72. The van der Waals surface area contributed by atoms with Gasteiger partial charge in [-0.05, 0) is 36.7 Å². The Bertz CT molecular complexity index is 465. The van der Waals surface area contributed by atoms with Gasteiger partial charge in [0, 0.05) is 18.6 Å². The average molecular weight is 229 g/mol. The van der Waals surface area contributed by atoms with Crippen LogP contribution in [0.5, 0.6) is 0 Å². The van der Waals surface area contributed by atoms with E-state index in [0.29, 0.717) is 6.54 Å². The molecule has 0 bridgehead atoms. The molecule has 0 aliphatic rings. The molecule has 2 nitrogen and oxygen atoms in total. The second-order valence-electron chi connectivity index (χ2n) is 3.47. The van der Waals surface area contributed by atoms with Crippen molar-refractivity contribution in [3.63, 3.8) is 0 Å². The predicted octanol–water partition coefficient (Wildman–Crippen LogP) is 2.24. The van der Waals surface area contributed by atoms with E-state index in [1.165, 1.54) is 11.6 Å². The van der Waals surface area contributed by atoms with Crippen molar-refractivity contribution in [2.24, 2.45) is 12.8 Å². The van der Waals surface area contributed by atoms with E-state index >= 15 is 0 Å². The molecule has 1 aromatic heterocycles. The van der Waals surface area contributed by atoms with Crippen molar-refractivity contribution < 1.29 is 4.39 Å². The SMILES string of the molecule is Cl.Cn1cc(CCN)c2ccc(F)cc21. The second-order valence-corrected chi connectivity index (χ2v) is 3.47. The second kappa shape index (κ2) is 4.64. The molecule has 0 aliphatic carbocycles. The fourth-order valence-electron chi connectivity index (χ4n) is 1.80. The molecule has 82 valence electrons. The summed E-state index contributed by atoms with van der Waals surface area (Å²) in [6, 6.07) is 4.85. The lowest BCUT2D eigenvalue weighted by molar-refractivity contribution is 0.629. The molecule has 0 radical (unpaired) electrons. The molecule has 0 spiro atoms. The van der Waals surface area contributed by atoms with Gasteiger partial charge in [0.05, 0.1) is 5.52 Å². The summed E-state index contributed by atoms with van der Waals surface area (Å²) >= 11 is 0. The first-order valence-electron chi connectivity index (χ1n) is 4.66. The van der Waals surface area contributed by atoms with Gasteiger partial charge < -0.3 is 10.3 Å². The minimum atomic E-state index is -0.196. The number of benzene rings is 1. The zero-order valence-electron chi connectivity index (χ0n) is 8.53. The Kier molecular flexibility index (Phi) is 3.72. The molecule has 15 heavy (non-hydrogen) atoms. The van der Waals surface area contributed by atoms with Gasteiger partial charge in [-0.1, -0.05) is 0 Å². The van der Waals surface area contributed by atoms with Crippen molar-refractivity contribution in [2.45, 2.75) is 6.42 Å². The highest BCUT2D eigenvalue weighted by Crippen LogP contribution is 2.21. The van der Waals surface area contributed by atoms with Gasteiger partial charge in [-0.2, -0.15) is 0 Å². The van der Waals surface area contributed by atoms with Crippen molar-refractivity contribution in [2.75, 3.05) is 6.54 Å². The molecule has 4 heteroatoms. The van der Waals surface area contributed by atoms with E-state index in [-0.39, 0.29) is 18.2 Å². The lowest BCUT2D eigenvalue weighted by Gasteiger charge is -1.96. The van der Waals surface area contributed by atoms with E-state index in [1.54, 1.807) is 6.07 Å². The van der Waals surface area contributed by atoms with E-state index in [1.807, 2.05) is 23.9 Å². The van der Waals surface area contributed by atoms with Crippen LogP contribution in [-0.4, -0.2) is 11.1 Å². The van der Waals surface area contributed by atoms with Crippen LogP contribution < -0.4 is 5.73 Å². The standard InChI is InChI=1S/C11H13FN2.ClH/c1-14-7-8(4-5-13)10-3-2-9(12)6-11(10)14;/h2-3,6-7H,4-5,13H2,1H3;1H. The van der Waals surface area contributed by atoms with Gasteiger partial charge in [0.15, 0.2) is 0 Å². The Hall–Kier alpha value is -1.06. The Morgan fingerprint density at radius 3 is 2.80 bits per heavy atom. The monoisotopic (exact) mass is 228 g/mol. The molecule has 0 saturated carbocycles. The summed E-state index contributed by atoms with van der Waals surface area (Å²) in [6.07, 6.45) is 2.85. The number of aromatic nitrogens is 1. The number of rotatable bonds is 2. The molecule has 0 atom stereocenters. The Balaban J connectivity index is 0.00000112. The summed E-state index contributed by atoms with van der Waals surface area (Å²) in [5.41, 5.74) is 7.62. The maximum Gasteiger partial charge on any atom is 0.125 e. The van der Waals surface area contributed by atoms with E-state index in [9.17, 15) is 4.39 Å². The van der Waals surface area contributed by atoms with E-state index in [0.717, 1.165) is 17.3 Å². The average Bonchev–Trinajstić information content (AvgIpc) is 2.44. The smallest absolute Gasteiger partial charge is 0.125 e. The number of fused-ring (bicyclic) bond motifs is 1. The quantitative estimate of drug-likeness (QED) is 0.840. The third-order valence-electron chi connectivity index (χ3n) is 2.45. The molecule has 0 aliphatic heterocycles. The van der Waals surface area contributed by atoms with Gasteiger partial charge in [-0.3, -0.25) is 0 Å². The summed E-state index contributed by atoms with van der Waals surface area (Å²) in [4.78, 5) is 0. The van der Waals surface area contributed by atoms with Crippen molar-refractivity contribution in [3.8, 4) is 0 Å². The first kappa shape index (κ1) is 12.0. The molecular formula is C11H14ClFN2. The first-order valence-corrected chi connectivity index (χ1v) is 4.66. The fourth-order valence-corrected chi connectivity index (χ4v) is 1.80. The minimum Gasteiger partial charge on any atom is -0.350 e. The molecule has 0 fully saturated rings. The largest absolute Gasteiger partial charge is 0.350 e. The van der Waals surface area contributed by atoms with Crippen LogP contribution in [0.25, 0.3) is 10.9 Å². The molecule has 2 N–H and O–H groups in total. The van der Waals surface area contributed by atoms with E-state index < -0.39 is 0 Å². The topological polar surface area (TPSA) is 30.9 Å². The van der Waals surface area contributed by atoms with Crippen molar-refractivity contribution in [1.29, 1.82) is 0 Å². The number of aryl methyl sites for hydroxylation is 1.